The molecule has 1 aromatic carbocycles. The minimum atomic E-state index is 0.743. The van der Waals surface area contributed by atoms with Gasteiger partial charge in [-0.25, -0.2) is 0 Å². The molecule has 1 saturated carbocycles. The van der Waals surface area contributed by atoms with E-state index in [0.717, 1.165) is 36.4 Å². The first-order valence-corrected chi connectivity index (χ1v) is 7.63. The summed E-state index contributed by atoms with van der Waals surface area (Å²) in [6, 6.07) is 8.30. The molecule has 0 bridgehead atoms. The van der Waals surface area contributed by atoms with E-state index in [-0.39, 0.29) is 0 Å². The van der Waals surface area contributed by atoms with Crippen molar-refractivity contribution in [3.05, 3.63) is 34.9 Å². The second-order valence-corrected chi connectivity index (χ2v) is 5.82. The molecule has 1 aliphatic carbocycles. The summed E-state index contributed by atoms with van der Waals surface area (Å²) in [5, 5.41) is 4.45. The average molecular weight is 266 g/mol. The van der Waals surface area contributed by atoms with Gasteiger partial charge in [0.25, 0.3) is 0 Å². The minimum absolute atomic E-state index is 0.743. The van der Waals surface area contributed by atoms with Gasteiger partial charge < -0.3 is 5.32 Å². The fourth-order valence-corrected chi connectivity index (χ4v) is 3.32. The number of nitrogens with one attached hydrogen (secondary N) is 1. The van der Waals surface area contributed by atoms with Gasteiger partial charge in [0.15, 0.2) is 0 Å². The molecular weight excluding hydrogens is 242 g/mol. The van der Waals surface area contributed by atoms with E-state index in [4.69, 9.17) is 11.6 Å². The fraction of sp³-hybridized carbons (Fsp3) is 0.625. The molecule has 0 amide bonds. The van der Waals surface area contributed by atoms with Crippen molar-refractivity contribution < 1.29 is 0 Å². The van der Waals surface area contributed by atoms with Crippen LogP contribution >= 0.6 is 11.6 Å². The Balaban J connectivity index is 2.02. The lowest BCUT2D eigenvalue weighted by molar-refractivity contribution is 0.323. The van der Waals surface area contributed by atoms with Gasteiger partial charge in [-0.1, -0.05) is 62.4 Å². The van der Waals surface area contributed by atoms with Gasteiger partial charge in [0, 0.05) is 5.02 Å². The molecule has 1 aromatic rings. The van der Waals surface area contributed by atoms with Crippen molar-refractivity contribution in [3.8, 4) is 0 Å². The quantitative estimate of drug-likeness (QED) is 0.809. The van der Waals surface area contributed by atoms with Crippen molar-refractivity contribution >= 4 is 11.6 Å². The standard InChI is InChI=1S/C16H24ClN/c1-2-18-12-15(13-7-3-4-8-13)11-14-9-5-6-10-16(14)17/h5-6,9-10,13,15,18H,2-4,7-8,11-12H2,1H3. The van der Waals surface area contributed by atoms with Gasteiger partial charge in [0.2, 0.25) is 0 Å². The maximum absolute atomic E-state index is 6.29. The predicted molar refractivity (Wildman–Crippen MR) is 79.1 cm³/mol. The van der Waals surface area contributed by atoms with E-state index in [1.165, 1.54) is 31.2 Å². The van der Waals surface area contributed by atoms with E-state index in [9.17, 15) is 0 Å². The molecule has 1 N–H and O–H groups in total. The van der Waals surface area contributed by atoms with Crippen molar-refractivity contribution in [2.75, 3.05) is 13.1 Å². The van der Waals surface area contributed by atoms with Crippen LogP contribution in [0.4, 0.5) is 0 Å². The lowest BCUT2D eigenvalue weighted by Gasteiger charge is -2.24. The van der Waals surface area contributed by atoms with Gasteiger partial charge >= 0.3 is 0 Å². The topological polar surface area (TPSA) is 12.0 Å². The molecule has 1 fully saturated rings. The van der Waals surface area contributed by atoms with Crippen LogP contribution in [0.5, 0.6) is 0 Å². The van der Waals surface area contributed by atoms with Gasteiger partial charge in [0.1, 0.15) is 0 Å². The molecule has 1 nitrogen and oxygen atoms in total. The highest BCUT2D eigenvalue weighted by atomic mass is 35.5. The fourth-order valence-electron chi connectivity index (χ4n) is 3.11. The highest BCUT2D eigenvalue weighted by molar-refractivity contribution is 6.31. The second-order valence-electron chi connectivity index (χ2n) is 5.41. The van der Waals surface area contributed by atoms with Crippen LogP contribution in [0, 0.1) is 11.8 Å². The zero-order valence-corrected chi connectivity index (χ0v) is 12.0. The Hall–Kier alpha value is -0.530. The van der Waals surface area contributed by atoms with E-state index >= 15 is 0 Å². The van der Waals surface area contributed by atoms with Gasteiger partial charge in [-0.3, -0.25) is 0 Å². The summed E-state index contributed by atoms with van der Waals surface area (Å²) in [6.45, 7) is 4.37. The number of hydrogen-bond donors (Lipinski definition) is 1. The summed E-state index contributed by atoms with van der Waals surface area (Å²) < 4.78 is 0. The number of halogens is 1. The number of hydrogen-bond acceptors (Lipinski definition) is 1. The predicted octanol–water partition coefficient (Wildman–Crippen LogP) is 4.30. The number of benzene rings is 1. The third-order valence-electron chi connectivity index (χ3n) is 4.16. The van der Waals surface area contributed by atoms with Gasteiger partial charge in [0.05, 0.1) is 0 Å². The lowest BCUT2D eigenvalue weighted by atomic mass is 9.85. The molecule has 0 radical (unpaired) electrons. The summed E-state index contributed by atoms with van der Waals surface area (Å²) in [5.41, 5.74) is 1.31. The van der Waals surface area contributed by atoms with Crippen LogP contribution < -0.4 is 5.32 Å². The Bertz CT molecular complexity index is 358. The maximum Gasteiger partial charge on any atom is 0.0438 e. The number of rotatable bonds is 6. The molecule has 1 unspecified atom stereocenters. The SMILES string of the molecule is CCNCC(Cc1ccccc1Cl)C1CCCC1. The molecule has 0 heterocycles. The Labute approximate surface area is 116 Å². The molecule has 2 heteroatoms. The van der Waals surface area contributed by atoms with Crippen molar-refractivity contribution in [3.63, 3.8) is 0 Å². The highest BCUT2D eigenvalue weighted by Gasteiger charge is 2.25. The zero-order valence-electron chi connectivity index (χ0n) is 11.3. The molecule has 18 heavy (non-hydrogen) atoms. The molecule has 2 rings (SSSR count). The Kier molecular flexibility index (Phi) is 5.52. The van der Waals surface area contributed by atoms with Crippen molar-refractivity contribution in [1.29, 1.82) is 0 Å². The second kappa shape index (κ2) is 7.16. The van der Waals surface area contributed by atoms with Crippen LogP contribution in [0.25, 0.3) is 0 Å². The van der Waals surface area contributed by atoms with Crippen molar-refractivity contribution in [1.82, 2.24) is 5.32 Å². The van der Waals surface area contributed by atoms with Gasteiger partial charge in [-0.15, -0.1) is 0 Å². The third kappa shape index (κ3) is 3.73. The molecule has 0 aromatic heterocycles. The van der Waals surface area contributed by atoms with Gasteiger partial charge in [-0.2, -0.15) is 0 Å². The minimum Gasteiger partial charge on any atom is -0.317 e. The van der Waals surface area contributed by atoms with E-state index in [0.29, 0.717) is 0 Å². The summed E-state index contributed by atoms with van der Waals surface area (Å²) in [7, 11) is 0. The monoisotopic (exact) mass is 265 g/mol. The largest absolute Gasteiger partial charge is 0.317 e. The van der Waals surface area contributed by atoms with Crippen LogP contribution in [0.3, 0.4) is 0 Å². The molecule has 0 aliphatic heterocycles. The van der Waals surface area contributed by atoms with Crippen LogP contribution in [-0.2, 0) is 6.42 Å². The maximum atomic E-state index is 6.29. The molecule has 0 saturated heterocycles. The van der Waals surface area contributed by atoms with Gasteiger partial charge in [-0.05, 0) is 43.0 Å². The summed E-state index contributed by atoms with van der Waals surface area (Å²) in [4.78, 5) is 0. The molecule has 1 atom stereocenters. The highest BCUT2D eigenvalue weighted by Crippen LogP contribution is 2.34. The molecular formula is C16H24ClN. The average Bonchev–Trinajstić information content (AvgIpc) is 2.90. The van der Waals surface area contributed by atoms with Crippen LogP contribution in [0.2, 0.25) is 5.02 Å². The van der Waals surface area contributed by atoms with E-state index in [1.807, 2.05) is 12.1 Å². The summed E-state index contributed by atoms with van der Waals surface area (Å²) in [5.74, 6) is 1.63. The normalized spacial score (nSPS) is 18.1. The smallest absolute Gasteiger partial charge is 0.0438 e. The third-order valence-corrected chi connectivity index (χ3v) is 4.53. The van der Waals surface area contributed by atoms with Crippen LogP contribution in [-0.4, -0.2) is 13.1 Å². The van der Waals surface area contributed by atoms with E-state index in [1.54, 1.807) is 0 Å². The summed E-state index contributed by atoms with van der Waals surface area (Å²) in [6.07, 6.45) is 6.75. The van der Waals surface area contributed by atoms with E-state index < -0.39 is 0 Å². The van der Waals surface area contributed by atoms with Crippen molar-refractivity contribution in [2.45, 2.75) is 39.0 Å². The lowest BCUT2D eigenvalue weighted by Crippen LogP contribution is -2.28. The van der Waals surface area contributed by atoms with Crippen molar-refractivity contribution in [2.24, 2.45) is 11.8 Å². The first-order valence-electron chi connectivity index (χ1n) is 7.25. The Morgan fingerprint density at radius 1 is 1.28 bits per heavy atom. The van der Waals surface area contributed by atoms with Crippen LogP contribution in [0.1, 0.15) is 38.2 Å². The molecule has 1 aliphatic rings. The first kappa shape index (κ1) is 13.9. The summed E-state index contributed by atoms with van der Waals surface area (Å²) >= 11 is 6.29. The zero-order chi connectivity index (χ0) is 12.8. The Morgan fingerprint density at radius 3 is 2.67 bits per heavy atom. The molecule has 100 valence electrons. The molecule has 0 spiro atoms. The first-order chi connectivity index (χ1) is 8.81. The van der Waals surface area contributed by atoms with Crippen LogP contribution in [0.15, 0.2) is 24.3 Å². The Morgan fingerprint density at radius 2 is 2.00 bits per heavy atom. The van der Waals surface area contributed by atoms with E-state index in [2.05, 4.69) is 24.4 Å².